The van der Waals surface area contributed by atoms with Crippen LogP contribution in [0.25, 0.3) is 0 Å². The van der Waals surface area contributed by atoms with Crippen LogP contribution in [0.2, 0.25) is 0 Å². The standard InChI is InChI=1S/C24H27N5O6S/c1-16-12-19(9-10-21(16)29(31)32)35-14-22-26-27-24(28(22)13-20-4-3-11-34-20)36-15-23(30)25-17-5-7-18(33-2)8-6-17/h5-10,12,20H,3-4,11,13-15H2,1-2H3,(H,25,30)/t20-/m0/s1. The molecule has 1 saturated heterocycles. The SMILES string of the molecule is COc1ccc(NC(=O)CSc2nnc(COc3ccc([N+](=O)[O-])c(C)c3)n2C[C@@H]2CCCO2)cc1. The van der Waals surface area contributed by atoms with Crippen LogP contribution in [0, 0.1) is 17.0 Å². The van der Waals surface area contributed by atoms with Crippen molar-refractivity contribution in [1.82, 2.24) is 14.8 Å². The molecular weight excluding hydrogens is 486 g/mol. The highest BCUT2D eigenvalue weighted by Gasteiger charge is 2.22. The lowest BCUT2D eigenvalue weighted by molar-refractivity contribution is -0.385. The molecule has 190 valence electrons. The number of hydrogen-bond acceptors (Lipinski definition) is 9. The van der Waals surface area contributed by atoms with E-state index in [9.17, 15) is 14.9 Å². The van der Waals surface area contributed by atoms with E-state index in [0.717, 1.165) is 12.8 Å². The Labute approximate surface area is 212 Å². The summed E-state index contributed by atoms with van der Waals surface area (Å²) in [6.07, 6.45) is 1.96. The number of nitro groups is 1. The summed E-state index contributed by atoms with van der Waals surface area (Å²) >= 11 is 1.28. The maximum Gasteiger partial charge on any atom is 0.272 e. The molecule has 0 aliphatic carbocycles. The summed E-state index contributed by atoms with van der Waals surface area (Å²) in [7, 11) is 1.59. The maximum absolute atomic E-state index is 12.5. The minimum absolute atomic E-state index is 0.0360. The second-order valence-electron chi connectivity index (χ2n) is 8.20. The fourth-order valence-corrected chi connectivity index (χ4v) is 4.55. The van der Waals surface area contributed by atoms with Crippen molar-refractivity contribution in [2.75, 3.05) is 24.8 Å². The van der Waals surface area contributed by atoms with Crippen LogP contribution in [0.5, 0.6) is 11.5 Å². The molecule has 12 heteroatoms. The lowest BCUT2D eigenvalue weighted by atomic mass is 10.2. The molecule has 11 nitrogen and oxygen atoms in total. The predicted octanol–water partition coefficient (Wildman–Crippen LogP) is 3.99. The van der Waals surface area contributed by atoms with Crippen molar-refractivity contribution in [2.24, 2.45) is 0 Å². The number of ether oxygens (including phenoxy) is 3. The molecular formula is C24H27N5O6S. The zero-order valence-corrected chi connectivity index (χ0v) is 20.8. The summed E-state index contributed by atoms with van der Waals surface area (Å²) in [5.74, 6) is 1.77. The van der Waals surface area contributed by atoms with Crippen molar-refractivity contribution < 1.29 is 23.9 Å². The van der Waals surface area contributed by atoms with E-state index in [2.05, 4.69) is 15.5 Å². The first-order valence-electron chi connectivity index (χ1n) is 11.4. The number of rotatable bonds is 11. The fraction of sp³-hybridized carbons (Fsp3) is 0.375. The number of nitrogens with zero attached hydrogens (tertiary/aromatic N) is 4. The number of aromatic nitrogens is 3. The van der Waals surface area contributed by atoms with Gasteiger partial charge >= 0.3 is 0 Å². The topological polar surface area (TPSA) is 131 Å². The Kier molecular flexibility index (Phi) is 8.39. The van der Waals surface area contributed by atoms with Crippen LogP contribution < -0.4 is 14.8 Å². The smallest absolute Gasteiger partial charge is 0.272 e. The zero-order chi connectivity index (χ0) is 25.5. The van der Waals surface area contributed by atoms with Crippen molar-refractivity contribution in [3.8, 4) is 11.5 Å². The molecule has 0 bridgehead atoms. The highest BCUT2D eigenvalue weighted by Crippen LogP contribution is 2.25. The van der Waals surface area contributed by atoms with E-state index < -0.39 is 4.92 Å². The van der Waals surface area contributed by atoms with Gasteiger partial charge in [0.25, 0.3) is 5.69 Å². The van der Waals surface area contributed by atoms with Crippen molar-refractivity contribution >= 4 is 29.0 Å². The summed E-state index contributed by atoms with van der Waals surface area (Å²) in [6.45, 7) is 3.05. The fourth-order valence-electron chi connectivity index (χ4n) is 3.78. The van der Waals surface area contributed by atoms with E-state index in [0.29, 0.717) is 46.9 Å². The van der Waals surface area contributed by atoms with E-state index in [-0.39, 0.29) is 30.1 Å². The third-order valence-corrected chi connectivity index (χ3v) is 6.61. The van der Waals surface area contributed by atoms with Gasteiger partial charge in [-0.15, -0.1) is 10.2 Å². The molecule has 1 amide bonds. The number of nitro benzene ring substituents is 1. The zero-order valence-electron chi connectivity index (χ0n) is 20.0. The van der Waals surface area contributed by atoms with E-state index in [1.165, 1.54) is 17.8 Å². The summed E-state index contributed by atoms with van der Waals surface area (Å²) in [5.41, 5.74) is 1.22. The Balaban J connectivity index is 1.42. The highest BCUT2D eigenvalue weighted by atomic mass is 32.2. The molecule has 36 heavy (non-hydrogen) atoms. The van der Waals surface area contributed by atoms with Gasteiger partial charge in [0, 0.05) is 23.9 Å². The molecule has 1 fully saturated rings. The lowest BCUT2D eigenvalue weighted by Gasteiger charge is -2.15. The second-order valence-corrected chi connectivity index (χ2v) is 9.15. The minimum Gasteiger partial charge on any atom is -0.497 e. The van der Waals surface area contributed by atoms with E-state index in [1.54, 1.807) is 50.4 Å². The van der Waals surface area contributed by atoms with Gasteiger partial charge in [0.15, 0.2) is 11.0 Å². The number of amides is 1. The lowest BCUT2D eigenvalue weighted by Crippen LogP contribution is -2.19. The van der Waals surface area contributed by atoms with Gasteiger partial charge in [0.2, 0.25) is 5.91 Å². The number of thioether (sulfide) groups is 1. The Morgan fingerprint density at radius 1 is 1.25 bits per heavy atom. The summed E-state index contributed by atoms with van der Waals surface area (Å²) < 4.78 is 18.7. The first kappa shape index (κ1) is 25.5. The van der Waals surface area contributed by atoms with Crippen LogP contribution in [0.15, 0.2) is 47.6 Å². The number of methoxy groups -OCH3 is 1. The van der Waals surface area contributed by atoms with Crippen molar-refractivity contribution in [1.29, 1.82) is 0 Å². The van der Waals surface area contributed by atoms with Crippen molar-refractivity contribution in [3.05, 3.63) is 64.0 Å². The first-order valence-corrected chi connectivity index (χ1v) is 12.4. The van der Waals surface area contributed by atoms with E-state index in [1.807, 2.05) is 4.57 Å². The van der Waals surface area contributed by atoms with Crippen LogP contribution >= 0.6 is 11.8 Å². The van der Waals surface area contributed by atoms with Crippen LogP contribution in [0.4, 0.5) is 11.4 Å². The van der Waals surface area contributed by atoms with Gasteiger partial charge in [-0.3, -0.25) is 14.9 Å². The van der Waals surface area contributed by atoms with Crippen LogP contribution in [0.3, 0.4) is 0 Å². The molecule has 1 aliphatic heterocycles. The van der Waals surface area contributed by atoms with Crippen molar-refractivity contribution in [2.45, 2.75) is 44.2 Å². The van der Waals surface area contributed by atoms with Crippen LogP contribution in [-0.2, 0) is 22.7 Å². The van der Waals surface area contributed by atoms with Crippen LogP contribution in [0.1, 0.15) is 24.2 Å². The number of nitrogens with one attached hydrogen (secondary N) is 1. The van der Waals surface area contributed by atoms with E-state index in [4.69, 9.17) is 14.2 Å². The molecule has 1 N–H and O–H groups in total. The number of carbonyl (C=O) groups is 1. The maximum atomic E-state index is 12.5. The summed E-state index contributed by atoms with van der Waals surface area (Å²) in [5, 5.41) is 23.1. The molecule has 0 spiro atoms. The molecule has 0 radical (unpaired) electrons. The van der Waals surface area contributed by atoms with Gasteiger partial charge in [0.05, 0.1) is 30.4 Å². The molecule has 1 aliphatic rings. The van der Waals surface area contributed by atoms with E-state index >= 15 is 0 Å². The molecule has 1 atom stereocenters. The van der Waals surface area contributed by atoms with Crippen molar-refractivity contribution in [3.63, 3.8) is 0 Å². The minimum atomic E-state index is -0.425. The third-order valence-electron chi connectivity index (χ3n) is 5.64. The molecule has 2 heterocycles. The number of benzene rings is 2. The van der Waals surface area contributed by atoms with Gasteiger partial charge in [0.1, 0.15) is 18.1 Å². The van der Waals surface area contributed by atoms with Gasteiger partial charge in [-0.2, -0.15) is 0 Å². The Morgan fingerprint density at radius 2 is 2.03 bits per heavy atom. The summed E-state index contributed by atoms with van der Waals surface area (Å²) in [4.78, 5) is 23.1. The number of carbonyl (C=O) groups excluding carboxylic acids is 1. The molecule has 0 unspecified atom stereocenters. The number of aryl methyl sites for hydroxylation is 1. The first-order chi connectivity index (χ1) is 17.4. The van der Waals surface area contributed by atoms with Gasteiger partial charge < -0.3 is 24.1 Å². The molecule has 1 aromatic heterocycles. The predicted molar refractivity (Wildman–Crippen MR) is 134 cm³/mol. The molecule has 0 saturated carbocycles. The average molecular weight is 514 g/mol. The molecule has 2 aromatic carbocycles. The Bertz CT molecular complexity index is 1210. The average Bonchev–Trinajstić information content (AvgIpc) is 3.52. The monoisotopic (exact) mass is 513 g/mol. The number of anilines is 1. The third kappa shape index (κ3) is 6.52. The Hall–Kier alpha value is -3.64. The highest BCUT2D eigenvalue weighted by molar-refractivity contribution is 7.99. The summed E-state index contributed by atoms with van der Waals surface area (Å²) in [6, 6.07) is 11.7. The van der Waals surface area contributed by atoms with Gasteiger partial charge in [-0.05, 0) is 56.2 Å². The second kappa shape index (κ2) is 11.9. The number of hydrogen-bond donors (Lipinski definition) is 1. The normalized spacial score (nSPS) is 15.0. The largest absolute Gasteiger partial charge is 0.497 e. The quantitative estimate of drug-likeness (QED) is 0.230. The molecule has 4 rings (SSSR count). The Morgan fingerprint density at radius 3 is 2.69 bits per heavy atom. The molecule has 3 aromatic rings. The van der Waals surface area contributed by atoms with Gasteiger partial charge in [-0.1, -0.05) is 11.8 Å². The van der Waals surface area contributed by atoms with Crippen LogP contribution in [-0.4, -0.2) is 51.2 Å². The van der Waals surface area contributed by atoms with Gasteiger partial charge in [-0.25, -0.2) is 0 Å².